The Hall–Kier alpha value is -1.59. The van der Waals surface area contributed by atoms with Crippen molar-refractivity contribution in [2.75, 3.05) is 6.61 Å². The first-order chi connectivity index (χ1) is 6.92. The third kappa shape index (κ3) is 1.68. The minimum atomic E-state index is -0.0903. The van der Waals surface area contributed by atoms with E-state index in [1.54, 1.807) is 6.20 Å². The molecule has 1 aliphatic rings. The molecule has 0 aliphatic heterocycles. The summed E-state index contributed by atoms with van der Waals surface area (Å²) in [4.78, 5) is 4.31. The summed E-state index contributed by atoms with van der Waals surface area (Å²) in [6.45, 7) is -0.0903. The maximum Gasteiger partial charge on any atom is 0.104 e. The first-order valence-electron chi connectivity index (χ1n) is 4.66. The predicted octanol–water partition coefficient (Wildman–Crippen LogP) is 1.41. The van der Waals surface area contributed by atoms with Gasteiger partial charge in [-0.1, -0.05) is 24.0 Å². The van der Waals surface area contributed by atoms with Gasteiger partial charge in [0.05, 0.1) is 0 Å². The highest BCUT2D eigenvalue weighted by atomic mass is 16.2. The van der Waals surface area contributed by atoms with Crippen LogP contribution in [0.1, 0.15) is 17.7 Å². The molecule has 0 amide bonds. The number of fused-ring (bicyclic) bond motifs is 1. The van der Waals surface area contributed by atoms with Crippen molar-refractivity contribution in [2.24, 2.45) is 0 Å². The first-order valence-corrected chi connectivity index (χ1v) is 4.66. The molecule has 0 saturated heterocycles. The highest BCUT2D eigenvalue weighted by Crippen LogP contribution is 2.23. The Bertz CT molecular complexity index is 423. The van der Waals surface area contributed by atoms with Gasteiger partial charge < -0.3 is 5.11 Å². The molecule has 2 rings (SSSR count). The molecule has 0 atom stereocenters. The van der Waals surface area contributed by atoms with Crippen LogP contribution in [-0.4, -0.2) is 16.7 Å². The molecule has 1 aliphatic carbocycles. The molecule has 0 saturated carbocycles. The molecular weight excluding hydrogens is 174 g/mol. The van der Waals surface area contributed by atoms with Crippen molar-refractivity contribution >= 4 is 5.57 Å². The second-order valence-electron chi connectivity index (χ2n) is 3.11. The number of nitrogens with zero attached hydrogens (tertiary/aromatic N) is 1. The largest absolute Gasteiger partial charge is 0.384 e. The molecule has 70 valence electrons. The van der Waals surface area contributed by atoms with Crippen LogP contribution in [0, 0.1) is 11.8 Å². The molecule has 0 radical (unpaired) electrons. The molecule has 1 N–H and O–H groups in total. The van der Waals surface area contributed by atoms with E-state index >= 15 is 0 Å². The summed E-state index contributed by atoms with van der Waals surface area (Å²) in [6.07, 6.45) is 5.88. The van der Waals surface area contributed by atoms with E-state index in [1.165, 1.54) is 0 Å². The number of allylic oxidation sites excluding steroid dienone is 2. The van der Waals surface area contributed by atoms with Crippen LogP contribution < -0.4 is 0 Å². The number of hydrogen-bond donors (Lipinski definition) is 1. The van der Waals surface area contributed by atoms with Gasteiger partial charge in [0.1, 0.15) is 6.61 Å². The molecule has 2 nitrogen and oxygen atoms in total. The van der Waals surface area contributed by atoms with E-state index in [0.717, 1.165) is 29.7 Å². The van der Waals surface area contributed by atoms with Crippen molar-refractivity contribution in [3.05, 3.63) is 35.7 Å². The minimum absolute atomic E-state index is 0.0903. The summed E-state index contributed by atoms with van der Waals surface area (Å²) in [5.74, 6) is 5.62. The molecular formula is C12H11NO. The Morgan fingerprint density at radius 3 is 3.29 bits per heavy atom. The van der Waals surface area contributed by atoms with Crippen LogP contribution in [0.5, 0.6) is 0 Å². The molecule has 1 aromatic heterocycles. The van der Waals surface area contributed by atoms with E-state index < -0.39 is 0 Å². The minimum Gasteiger partial charge on any atom is -0.384 e. The maximum absolute atomic E-state index is 8.63. The summed E-state index contributed by atoms with van der Waals surface area (Å²) >= 11 is 0. The summed E-state index contributed by atoms with van der Waals surface area (Å²) in [6, 6.07) is 3.94. The lowest BCUT2D eigenvalue weighted by atomic mass is 9.95. The van der Waals surface area contributed by atoms with E-state index in [-0.39, 0.29) is 6.61 Å². The lowest BCUT2D eigenvalue weighted by Crippen LogP contribution is -2.00. The van der Waals surface area contributed by atoms with Gasteiger partial charge in [-0.25, -0.2) is 0 Å². The number of hydrogen-bond acceptors (Lipinski definition) is 2. The lowest BCUT2D eigenvalue weighted by molar-refractivity contribution is 0.350. The quantitative estimate of drug-likeness (QED) is 0.620. The highest BCUT2D eigenvalue weighted by molar-refractivity contribution is 5.81. The monoisotopic (exact) mass is 185 g/mol. The van der Waals surface area contributed by atoms with Crippen LogP contribution >= 0.6 is 0 Å². The number of aryl methyl sites for hydroxylation is 1. The molecule has 0 unspecified atom stereocenters. The number of aliphatic hydroxyl groups excluding tert-OH is 1. The average molecular weight is 185 g/mol. The van der Waals surface area contributed by atoms with E-state index in [4.69, 9.17) is 5.11 Å². The lowest BCUT2D eigenvalue weighted by Gasteiger charge is -2.11. The van der Waals surface area contributed by atoms with Gasteiger partial charge >= 0.3 is 0 Å². The summed E-state index contributed by atoms with van der Waals surface area (Å²) in [7, 11) is 0. The molecule has 1 heterocycles. The van der Waals surface area contributed by atoms with Crippen molar-refractivity contribution in [2.45, 2.75) is 12.8 Å². The van der Waals surface area contributed by atoms with Crippen molar-refractivity contribution in [1.82, 2.24) is 4.98 Å². The van der Waals surface area contributed by atoms with Gasteiger partial charge in [0, 0.05) is 23.0 Å². The number of aliphatic hydroxyl groups is 1. The topological polar surface area (TPSA) is 33.1 Å². The van der Waals surface area contributed by atoms with Crippen LogP contribution in [0.4, 0.5) is 0 Å². The van der Waals surface area contributed by atoms with Gasteiger partial charge in [-0.15, -0.1) is 0 Å². The SMILES string of the molecule is OCC#CC1=CCCc2ncccc21. The molecule has 0 spiro atoms. The Balaban J connectivity index is 2.40. The van der Waals surface area contributed by atoms with Crippen LogP contribution in [0.25, 0.3) is 5.57 Å². The first kappa shape index (κ1) is 8.98. The zero-order valence-electron chi connectivity index (χ0n) is 7.83. The Labute approximate surface area is 83.3 Å². The fraction of sp³-hybridized carbons (Fsp3) is 0.250. The fourth-order valence-electron chi connectivity index (χ4n) is 1.60. The van der Waals surface area contributed by atoms with Crippen molar-refractivity contribution in [3.63, 3.8) is 0 Å². The van der Waals surface area contributed by atoms with E-state index in [1.807, 2.05) is 12.1 Å². The van der Waals surface area contributed by atoms with E-state index in [2.05, 4.69) is 22.9 Å². The van der Waals surface area contributed by atoms with Gasteiger partial charge in [0.2, 0.25) is 0 Å². The van der Waals surface area contributed by atoms with E-state index in [9.17, 15) is 0 Å². The van der Waals surface area contributed by atoms with Gasteiger partial charge in [-0.3, -0.25) is 4.98 Å². The molecule has 1 aromatic rings. The van der Waals surface area contributed by atoms with Crippen LogP contribution in [0.15, 0.2) is 24.4 Å². The van der Waals surface area contributed by atoms with Crippen molar-refractivity contribution in [1.29, 1.82) is 0 Å². The van der Waals surface area contributed by atoms with Crippen LogP contribution in [0.3, 0.4) is 0 Å². The number of pyridine rings is 1. The zero-order valence-corrected chi connectivity index (χ0v) is 7.83. The molecule has 0 fully saturated rings. The Morgan fingerprint density at radius 1 is 1.50 bits per heavy atom. The van der Waals surface area contributed by atoms with Crippen molar-refractivity contribution in [3.8, 4) is 11.8 Å². The van der Waals surface area contributed by atoms with Crippen molar-refractivity contribution < 1.29 is 5.11 Å². The van der Waals surface area contributed by atoms with E-state index in [0.29, 0.717) is 0 Å². The zero-order chi connectivity index (χ0) is 9.80. The molecule has 14 heavy (non-hydrogen) atoms. The maximum atomic E-state index is 8.63. The molecule has 0 bridgehead atoms. The van der Waals surface area contributed by atoms with Gasteiger partial charge in [-0.05, 0) is 18.9 Å². The standard InChI is InChI=1S/C12H11NO/c14-9-3-5-10-4-1-7-12-11(10)6-2-8-13-12/h2,4,6,8,14H,1,7,9H2. The third-order valence-electron chi connectivity index (χ3n) is 2.21. The average Bonchev–Trinajstić information content (AvgIpc) is 2.26. The number of aromatic nitrogens is 1. The Morgan fingerprint density at radius 2 is 2.43 bits per heavy atom. The summed E-state index contributed by atoms with van der Waals surface area (Å²) < 4.78 is 0. The smallest absolute Gasteiger partial charge is 0.104 e. The second-order valence-corrected chi connectivity index (χ2v) is 3.11. The number of rotatable bonds is 0. The van der Waals surface area contributed by atoms with Gasteiger partial charge in [0.15, 0.2) is 0 Å². The van der Waals surface area contributed by atoms with Gasteiger partial charge in [0.25, 0.3) is 0 Å². The Kier molecular flexibility index (Phi) is 2.62. The summed E-state index contributed by atoms with van der Waals surface area (Å²) in [5, 5.41) is 8.63. The highest BCUT2D eigenvalue weighted by Gasteiger charge is 2.10. The predicted molar refractivity (Wildman–Crippen MR) is 55.4 cm³/mol. The third-order valence-corrected chi connectivity index (χ3v) is 2.21. The normalized spacial score (nSPS) is 13.6. The van der Waals surface area contributed by atoms with Crippen LogP contribution in [0.2, 0.25) is 0 Å². The fourth-order valence-corrected chi connectivity index (χ4v) is 1.60. The second kappa shape index (κ2) is 4.08. The van der Waals surface area contributed by atoms with Gasteiger partial charge in [-0.2, -0.15) is 0 Å². The molecule has 0 aromatic carbocycles. The molecule has 2 heteroatoms. The summed E-state index contributed by atoms with van der Waals surface area (Å²) in [5.41, 5.74) is 3.21. The van der Waals surface area contributed by atoms with Crippen LogP contribution in [-0.2, 0) is 6.42 Å².